The van der Waals surface area contributed by atoms with Crippen molar-refractivity contribution < 1.29 is 28.5 Å². The van der Waals surface area contributed by atoms with Gasteiger partial charge < -0.3 is 20.6 Å². The summed E-state index contributed by atoms with van der Waals surface area (Å²) in [6.07, 6.45) is 0.628. The van der Waals surface area contributed by atoms with Gasteiger partial charge in [-0.2, -0.15) is 0 Å². The fourth-order valence-corrected chi connectivity index (χ4v) is 3.69. The molecule has 0 saturated carbocycles. The van der Waals surface area contributed by atoms with Crippen LogP contribution in [-0.4, -0.2) is 48.0 Å². The Morgan fingerprint density at radius 3 is 2.43 bits per heavy atom. The van der Waals surface area contributed by atoms with Gasteiger partial charge in [0, 0.05) is 12.1 Å². The summed E-state index contributed by atoms with van der Waals surface area (Å²) in [6, 6.07) is 11.6. The highest BCUT2D eigenvalue weighted by Crippen LogP contribution is 2.28. The van der Waals surface area contributed by atoms with Crippen molar-refractivity contribution >= 4 is 21.7 Å². The molecule has 0 radical (unpaired) electrons. The van der Waals surface area contributed by atoms with E-state index in [0.717, 1.165) is 17.4 Å². The summed E-state index contributed by atoms with van der Waals surface area (Å²) in [7, 11) is -3.57. The molecule has 1 atom stereocenters. The lowest BCUT2D eigenvalue weighted by Gasteiger charge is -2.28. The molecule has 2 rings (SSSR count). The SMILES string of the molecule is CC(C)(Cc1cccc(CC(=O)O)c1)NC[C@H](O)c1ccc(O)c(NS(C)(=O)=O)c1. The number of benzene rings is 2. The Kier molecular flexibility index (Phi) is 7.46. The van der Waals surface area contributed by atoms with Crippen molar-refractivity contribution in [2.45, 2.75) is 38.3 Å². The lowest BCUT2D eigenvalue weighted by molar-refractivity contribution is -0.136. The summed E-state index contributed by atoms with van der Waals surface area (Å²) in [5.41, 5.74) is 1.76. The Hall–Kier alpha value is -2.62. The van der Waals surface area contributed by atoms with E-state index in [2.05, 4.69) is 10.0 Å². The van der Waals surface area contributed by atoms with Crippen LogP contribution in [-0.2, 0) is 27.7 Å². The van der Waals surface area contributed by atoms with E-state index >= 15 is 0 Å². The van der Waals surface area contributed by atoms with Crippen molar-refractivity contribution in [3.63, 3.8) is 0 Å². The molecule has 5 N–H and O–H groups in total. The van der Waals surface area contributed by atoms with Gasteiger partial charge in [-0.1, -0.05) is 30.3 Å². The third-order valence-corrected chi connectivity index (χ3v) is 5.06. The van der Waals surface area contributed by atoms with E-state index in [0.29, 0.717) is 12.0 Å². The molecule has 0 spiro atoms. The number of aliphatic hydroxyl groups excluding tert-OH is 1. The number of carbonyl (C=O) groups is 1. The topological polar surface area (TPSA) is 136 Å². The zero-order valence-corrected chi connectivity index (χ0v) is 18.0. The van der Waals surface area contributed by atoms with E-state index in [9.17, 15) is 23.4 Å². The molecule has 30 heavy (non-hydrogen) atoms. The Balaban J connectivity index is 2.03. The predicted octanol–water partition coefficient (Wildman–Crippen LogP) is 2.04. The Morgan fingerprint density at radius 2 is 1.80 bits per heavy atom. The van der Waals surface area contributed by atoms with E-state index in [-0.39, 0.29) is 24.4 Å². The summed E-state index contributed by atoms with van der Waals surface area (Å²) in [6.45, 7) is 4.14. The third kappa shape index (κ3) is 7.66. The number of phenolic OH excluding ortho intramolecular Hbond substituents is 1. The highest BCUT2D eigenvalue weighted by Gasteiger charge is 2.21. The van der Waals surface area contributed by atoms with Crippen molar-refractivity contribution in [2.24, 2.45) is 0 Å². The zero-order valence-electron chi connectivity index (χ0n) is 17.2. The largest absolute Gasteiger partial charge is 0.506 e. The van der Waals surface area contributed by atoms with E-state index in [1.807, 2.05) is 32.0 Å². The predicted molar refractivity (Wildman–Crippen MR) is 115 cm³/mol. The number of aliphatic carboxylic acids is 1. The Labute approximate surface area is 176 Å². The molecule has 8 nitrogen and oxygen atoms in total. The van der Waals surface area contributed by atoms with Crippen LogP contribution in [0.5, 0.6) is 5.75 Å². The first-order chi connectivity index (χ1) is 13.8. The summed E-state index contributed by atoms with van der Waals surface area (Å²) >= 11 is 0. The second-order valence-corrected chi connectivity index (χ2v) is 9.75. The molecule has 9 heteroatoms. The number of sulfonamides is 1. The fraction of sp³-hybridized carbons (Fsp3) is 0.381. The normalized spacial score (nSPS) is 13.1. The van der Waals surface area contributed by atoms with Gasteiger partial charge in [0.25, 0.3) is 0 Å². The average Bonchev–Trinajstić information content (AvgIpc) is 2.60. The van der Waals surface area contributed by atoms with Gasteiger partial charge in [0.2, 0.25) is 10.0 Å². The highest BCUT2D eigenvalue weighted by molar-refractivity contribution is 7.92. The van der Waals surface area contributed by atoms with Gasteiger partial charge in [0.05, 0.1) is 24.5 Å². The lowest BCUT2D eigenvalue weighted by atomic mass is 9.93. The Bertz CT molecular complexity index is 1000. The number of hydrogen-bond donors (Lipinski definition) is 5. The van der Waals surface area contributed by atoms with Crippen LogP contribution in [0.2, 0.25) is 0 Å². The van der Waals surface area contributed by atoms with Crippen molar-refractivity contribution in [2.75, 3.05) is 17.5 Å². The van der Waals surface area contributed by atoms with Crippen LogP contribution >= 0.6 is 0 Å². The number of aliphatic hydroxyl groups is 1. The molecule has 0 fully saturated rings. The van der Waals surface area contributed by atoms with Crippen LogP contribution in [0.25, 0.3) is 0 Å². The molecule has 0 aliphatic heterocycles. The molecule has 0 amide bonds. The van der Waals surface area contributed by atoms with Crippen LogP contribution in [0.1, 0.15) is 36.6 Å². The second kappa shape index (κ2) is 9.46. The van der Waals surface area contributed by atoms with Gasteiger partial charge in [-0.15, -0.1) is 0 Å². The quantitative estimate of drug-likeness (QED) is 0.360. The van der Waals surface area contributed by atoms with Crippen LogP contribution in [0.4, 0.5) is 5.69 Å². The number of anilines is 1. The number of carboxylic acids is 1. The van der Waals surface area contributed by atoms with E-state index in [1.165, 1.54) is 18.2 Å². The van der Waals surface area contributed by atoms with E-state index < -0.39 is 27.6 Å². The average molecular weight is 437 g/mol. The molecular weight excluding hydrogens is 408 g/mol. The number of hydrogen-bond acceptors (Lipinski definition) is 6. The van der Waals surface area contributed by atoms with Crippen LogP contribution in [0, 0.1) is 0 Å². The number of carboxylic acid groups (broad SMARTS) is 1. The maximum absolute atomic E-state index is 11.4. The first kappa shape index (κ1) is 23.7. The molecular formula is C21H28N2O6S. The van der Waals surface area contributed by atoms with Crippen molar-refractivity contribution in [1.82, 2.24) is 5.32 Å². The number of aromatic hydroxyl groups is 1. The van der Waals surface area contributed by atoms with Crippen molar-refractivity contribution in [1.29, 1.82) is 0 Å². The smallest absolute Gasteiger partial charge is 0.307 e. The second-order valence-electron chi connectivity index (χ2n) is 8.00. The minimum absolute atomic E-state index is 0.00329. The van der Waals surface area contributed by atoms with Gasteiger partial charge in [-0.3, -0.25) is 9.52 Å². The summed E-state index contributed by atoms with van der Waals surface area (Å²) in [4.78, 5) is 10.9. The summed E-state index contributed by atoms with van der Waals surface area (Å²) in [5, 5.41) is 32.6. The molecule has 0 aliphatic rings. The Morgan fingerprint density at radius 1 is 1.13 bits per heavy atom. The van der Waals surface area contributed by atoms with Crippen LogP contribution < -0.4 is 10.0 Å². The number of phenols is 1. The minimum atomic E-state index is -3.57. The molecule has 0 saturated heterocycles. The summed E-state index contributed by atoms with van der Waals surface area (Å²) in [5.74, 6) is -1.11. The molecule has 0 unspecified atom stereocenters. The number of nitrogens with one attached hydrogen (secondary N) is 2. The van der Waals surface area contributed by atoms with Crippen LogP contribution in [0.15, 0.2) is 42.5 Å². The number of rotatable bonds is 10. The van der Waals surface area contributed by atoms with Crippen molar-refractivity contribution in [3.05, 3.63) is 59.2 Å². The van der Waals surface area contributed by atoms with E-state index in [1.54, 1.807) is 6.07 Å². The van der Waals surface area contributed by atoms with Gasteiger partial charge in [-0.25, -0.2) is 8.42 Å². The maximum atomic E-state index is 11.4. The first-order valence-corrected chi connectivity index (χ1v) is 11.3. The monoisotopic (exact) mass is 436 g/mol. The van der Waals surface area contributed by atoms with Gasteiger partial charge >= 0.3 is 5.97 Å². The maximum Gasteiger partial charge on any atom is 0.307 e. The lowest BCUT2D eigenvalue weighted by Crippen LogP contribution is -2.43. The third-order valence-electron chi connectivity index (χ3n) is 4.47. The molecule has 0 aromatic heterocycles. The first-order valence-electron chi connectivity index (χ1n) is 9.38. The number of β-amino-alcohol motifs (C(OH)–C–C–N with tert-alkyl or cyclic N) is 1. The zero-order chi connectivity index (χ0) is 22.5. The molecule has 2 aromatic carbocycles. The highest BCUT2D eigenvalue weighted by atomic mass is 32.2. The minimum Gasteiger partial charge on any atom is -0.506 e. The van der Waals surface area contributed by atoms with Gasteiger partial charge in [-0.05, 0) is 49.1 Å². The van der Waals surface area contributed by atoms with E-state index in [4.69, 9.17) is 5.11 Å². The molecule has 0 heterocycles. The standard InChI is InChI=1S/C21H28N2O6S/c1-21(2,12-15-6-4-5-14(9-15)10-20(26)27)22-13-19(25)16-7-8-18(24)17(11-16)23-30(3,28)29/h4-9,11,19,22-25H,10,12-13H2,1-3H3,(H,26,27)/t19-/m0/s1. The van der Waals surface area contributed by atoms with Gasteiger partial charge in [0.15, 0.2) is 0 Å². The molecule has 0 aliphatic carbocycles. The fourth-order valence-electron chi connectivity index (χ4n) is 3.13. The van der Waals surface area contributed by atoms with Crippen LogP contribution in [0.3, 0.4) is 0 Å². The van der Waals surface area contributed by atoms with Gasteiger partial charge in [0.1, 0.15) is 5.75 Å². The molecule has 0 bridgehead atoms. The summed E-state index contributed by atoms with van der Waals surface area (Å²) < 4.78 is 25.1. The molecule has 2 aromatic rings. The molecule has 164 valence electrons. The van der Waals surface area contributed by atoms with Crippen molar-refractivity contribution in [3.8, 4) is 5.75 Å².